The number of fused-ring (bicyclic) bond motifs is 1. The summed E-state index contributed by atoms with van der Waals surface area (Å²) in [6.07, 6.45) is 3.94. The van der Waals surface area contributed by atoms with Gasteiger partial charge in [0.1, 0.15) is 5.76 Å². The Morgan fingerprint density at radius 2 is 1.84 bits per heavy atom. The lowest BCUT2D eigenvalue weighted by molar-refractivity contribution is -0.111. The highest BCUT2D eigenvalue weighted by Gasteiger charge is 2.31. The summed E-state index contributed by atoms with van der Waals surface area (Å²) in [6.45, 7) is 3.61. The first-order valence-electron chi connectivity index (χ1n) is 6.69. The largest absolute Gasteiger partial charge is 0.507 e. The van der Waals surface area contributed by atoms with Crippen LogP contribution >= 0.6 is 0 Å². The molecule has 1 aromatic rings. The summed E-state index contributed by atoms with van der Waals surface area (Å²) in [4.78, 5) is 23.9. The van der Waals surface area contributed by atoms with Crippen LogP contribution in [0, 0.1) is 0 Å². The third-order valence-corrected chi connectivity index (χ3v) is 3.58. The van der Waals surface area contributed by atoms with Crippen LogP contribution in [-0.4, -0.2) is 16.7 Å². The fraction of sp³-hybridized carbons (Fsp3) is 0.375. The van der Waals surface area contributed by atoms with E-state index in [9.17, 15) is 14.7 Å². The maximum atomic E-state index is 12.1. The first-order chi connectivity index (χ1) is 9.07. The van der Waals surface area contributed by atoms with Gasteiger partial charge >= 0.3 is 0 Å². The van der Waals surface area contributed by atoms with Gasteiger partial charge in [-0.2, -0.15) is 0 Å². The molecule has 0 bridgehead atoms. The summed E-state index contributed by atoms with van der Waals surface area (Å²) in [6, 6.07) is 5.39. The number of aliphatic hydroxyl groups excluding tert-OH is 1. The second kappa shape index (κ2) is 5.39. The molecule has 2 rings (SSSR count). The van der Waals surface area contributed by atoms with Crippen molar-refractivity contribution < 1.29 is 14.7 Å². The van der Waals surface area contributed by atoms with Crippen molar-refractivity contribution in [2.45, 2.75) is 39.5 Å². The van der Waals surface area contributed by atoms with Crippen molar-refractivity contribution in [2.24, 2.45) is 0 Å². The average molecular weight is 258 g/mol. The topological polar surface area (TPSA) is 54.4 Å². The number of Topliss-reactive ketones (excluding diaryl/α,β-unsaturated/α-hetero) is 2. The zero-order chi connectivity index (χ0) is 14.0. The fourth-order valence-electron chi connectivity index (χ4n) is 2.43. The third kappa shape index (κ3) is 2.33. The Morgan fingerprint density at radius 1 is 1.11 bits per heavy atom. The van der Waals surface area contributed by atoms with E-state index >= 15 is 0 Å². The van der Waals surface area contributed by atoms with Gasteiger partial charge in [-0.1, -0.05) is 38.0 Å². The summed E-state index contributed by atoms with van der Waals surface area (Å²) in [7, 11) is 0. The van der Waals surface area contributed by atoms with Crippen LogP contribution < -0.4 is 0 Å². The van der Waals surface area contributed by atoms with E-state index in [1.54, 1.807) is 6.07 Å². The number of unbranched alkanes of at least 4 members (excludes halogenated alkanes) is 2. The molecule has 3 nitrogen and oxygen atoms in total. The Labute approximate surface area is 113 Å². The van der Waals surface area contributed by atoms with E-state index in [1.807, 2.05) is 12.1 Å². The van der Waals surface area contributed by atoms with Gasteiger partial charge in [-0.05, 0) is 25.3 Å². The molecule has 0 aromatic heterocycles. The Hall–Kier alpha value is -1.90. The van der Waals surface area contributed by atoms with Crippen LogP contribution in [-0.2, 0) is 11.2 Å². The molecule has 1 N–H and O–H groups in total. The molecule has 0 amide bonds. The number of allylic oxidation sites excluding steroid dienone is 1. The zero-order valence-corrected chi connectivity index (χ0v) is 11.3. The molecular weight excluding hydrogens is 240 g/mol. The minimum atomic E-state index is -0.590. The summed E-state index contributed by atoms with van der Waals surface area (Å²) >= 11 is 0. The van der Waals surface area contributed by atoms with Crippen LogP contribution in [0.1, 0.15) is 54.6 Å². The Morgan fingerprint density at radius 3 is 2.53 bits per heavy atom. The highest BCUT2D eigenvalue weighted by atomic mass is 16.3. The van der Waals surface area contributed by atoms with Crippen molar-refractivity contribution in [3.8, 4) is 0 Å². The second-order valence-electron chi connectivity index (χ2n) is 4.93. The molecule has 100 valence electrons. The van der Waals surface area contributed by atoms with Crippen LogP contribution in [0.4, 0.5) is 0 Å². The average Bonchev–Trinajstić information content (AvgIpc) is 2.43. The smallest absolute Gasteiger partial charge is 0.234 e. The van der Waals surface area contributed by atoms with Crippen LogP contribution in [0.3, 0.4) is 0 Å². The van der Waals surface area contributed by atoms with Gasteiger partial charge in [0.2, 0.25) is 11.6 Å². The third-order valence-electron chi connectivity index (χ3n) is 3.58. The number of hydrogen-bond acceptors (Lipinski definition) is 3. The highest BCUT2D eigenvalue weighted by Crippen LogP contribution is 2.30. The SMILES string of the molecule is CCCCCc1cccc2c1C(=O)C(=O)C(C)=C2O. The molecule has 0 atom stereocenters. The maximum absolute atomic E-state index is 12.1. The van der Waals surface area contributed by atoms with Crippen molar-refractivity contribution in [1.82, 2.24) is 0 Å². The van der Waals surface area contributed by atoms with Gasteiger partial charge in [0.25, 0.3) is 0 Å². The Kier molecular flexibility index (Phi) is 3.84. The van der Waals surface area contributed by atoms with Gasteiger partial charge < -0.3 is 5.11 Å². The van der Waals surface area contributed by atoms with E-state index in [4.69, 9.17) is 0 Å². The number of carbonyl (C=O) groups is 2. The van der Waals surface area contributed by atoms with Gasteiger partial charge in [0, 0.05) is 16.7 Å². The normalized spacial score (nSPS) is 14.8. The van der Waals surface area contributed by atoms with Crippen molar-refractivity contribution in [1.29, 1.82) is 0 Å². The summed E-state index contributed by atoms with van der Waals surface area (Å²) < 4.78 is 0. The molecule has 0 saturated heterocycles. The predicted molar refractivity (Wildman–Crippen MR) is 74.2 cm³/mol. The number of carbonyl (C=O) groups excluding carboxylic acids is 2. The summed E-state index contributed by atoms with van der Waals surface area (Å²) in [5.74, 6) is -1.14. The number of aliphatic hydroxyl groups is 1. The standard InChI is InChI=1S/C16H18O3/c1-3-4-5-7-11-8-6-9-12-13(11)16(19)15(18)10(2)14(12)17/h6,8-9,17H,3-5,7H2,1-2H3. The number of rotatable bonds is 4. The molecular formula is C16H18O3. The lowest BCUT2D eigenvalue weighted by atomic mass is 9.85. The zero-order valence-electron chi connectivity index (χ0n) is 11.3. The van der Waals surface area contributed by atoms with Gasteiger partial charge in [0.05, 0.1) is 0 Å². The first-order valence-corrected chi connectivity index (χ1v) is 6.69. The summed E-state index contributed by atoms with van der Waals surface area (Å²) in [5.41, 5.74) is 1.90. The Balaban J connectivity index is 2.47. The number of hydrogen-bond donors (Lipinski definition) is 1. The van der Waals surface area contributed by atoms with E-state index in [-0.39, 0.29) is 11.3 Å². The van der Waals surface area contributed by atoms with Gasteiger partial charge in [0.15, 0.2) is 0 Å². The monoisotopic (exact) mass is 258 g/mol. The van der Waals surface area contributed by atoms with Gasteiger partial charge in [-0.15, -0.1) is 0 Å². The van der Waals surface area contributed by atoms with Crippen LogP contribution in [0.25, 0.3) is 5.76 Å². The maximum Gasteiger partial charge on any atom is 0.234 e. The molecule has 1 aliphatic carbocycles. The van der Waals surface area contributed by atoms with Crippen LogP contribution in [0.2, 0.25) is 0 Å². The molecule has 0 aliphatic heterocycles. The molecule has 3 heteroatoms. The van der Waals surface area contributed by atoms with Crippen molar-refractivity contribution in [2.75, 3.05) is 0 Å². The molecule has 0 radical (unpaired) electrons. The predicted octanol–water partition coefficient (Wildman–Crippen LogP) is 3.47. The van der Waals surface area contributed by atoms with E-state index in [2.05, 4.69) is 6.92 Å². The van der Waals surface area contributed by atoms with E-state index < -0.39 is 11.6 Å². The van der Waals surface area contributed by atoms with E-state index in [0.717, 1.165) is 31.2 Å². The quantitative estimate of drug-likeness (QED) is 0.664. The first kappa shape index (κ1) is 13.5. The summed E-state index contributed by atoms with van der Waals surface area (Å²) in [5, 5.41) is 10.0. The second-order valence-corrected chi connectivity index (χ2v) is 4.93. The minimum Gasteiger partial charge on any atom is -0.507 e. The highest BCUT2D eigenvalue weighted by molar-refractivity contribution is 6.52. The number of benzene rings is 1. The lowest BCUT2D eigenvalue weighted by Crippen LogP contribution is -2.24. The number of aryl methyl sites for hydroxylation is 1. The lowest BCUT2D eigenvalue weighted by Gasteiger charge is -2.18. The minimum absolute atomic E-state index is 0.0584. The van der Waals surface area contributed by atoms with Crippen molar-refractivity contribution >= 4 is 17.3 Å². The fourth-order valence-corrected chi connectivity index (χ4v) is 2.43. The Bertz CT molecular complexity index is 567. The molecule has 0 fully saturated rings. The molecule has 19 heavy (non-hydrogen) atoms. The van der Waals surface area contributed by atoms with E-state index in [1.165, 1.54) is 6.92 Å². The van der Waals surface area contributed by atoms with Crippen LogP contribution in [0.5, 0.6) is 0 Å². The van der Waals surface area contributed by atoms with Gasteiger partial charge in [-0.25, -0.2) is 0 Å². The van der Waals surface area contributed by atoms with Crippen molar-refractivity contribution in [3.05, 3.63) is 40.5 Å². The molecule has 0 saturated carbocycles. The van der Waals surface area contributed by atoms with Crippen LogP contribution in [0.15, 0.2) is 23.8 Å². The van der Waals surface area contributed by atoms with E-state index in [0.29, 0.717) is 11.1 Å². The van der Waals surface area contributed by atoms with Gasteiger partial charge in [-0.3, -0.25) is 9.59 Å². The molecule has 1 aromatic carbocycles. The molecule has 1 aliphatic rings. The number of ketones is 2. The van der Waals surface area contributed by atoms with Crippen molar-refractivity contribution in [3.63, 3.8) is 0 Å². The molecule has 0 spiro atoms. The molecule has 0 unspecified atom stereocenters. The molecule has 0 heterocycles.